The van der Waals surface area contributed by atoms with Crippen LogP contribution in [0.1, 0.15) is 13.8 Å². The number of nitro groups is 1. The molecule has 0 radical (unpaired) electrons. The summed E-state index contributed by atoms with van der Waals surface area (Å²) in [5.41, 5.74) is 1.11. The average Bonchev–Trinajstić information content (AvgIpc) is 2.68. The van der Waals surface area contributed by atoms with Gasteiger partial charge in [-0.3, -0.25) is 24.7 Å². The van der Waals surface area contributed by atoms with Gasteiger partial charge in [0, 0.05) is 76.2 Å². The van der Waals surface area contributed by atoms with Crippen molar-refractivity contribution in [1.82, 2.24) is 14.7 Å². The first-order valence-corrected chi connectivity index (χ1v) is 9.67. The molecule has 3 rings (SSSR count). The summed E-state index contributed by atoms with van der Waals surface area (Å²) in [5.74, 6) is 0.224. The topological polar surface area (TPSA) is 73.2 Å². The van der Waals surface area contributed by atoms with Crippen molar-refractivity contribution in [3.05, 3.63) is 34.4 Å². The predicted molar refractivity (Wildman–Crippen MR) is 105 cm³/mol. The van der Waals surface area contributed by atoms with Crippen molar-refractivity contribution in [2.24, 2.45) is 0 Å². The van der Waals surface area contributed by atoms with Crippen LogP contribution in [0, 0.1) is 10.1 Å². The highest BCUT2D eigenvalue weighted by atomic mass is 16.6. The molecule has 2 aliphatic rings. The van der Waals surface area contributed by atoms with E-state index in [1.54, 1.807) is 24.3 Å². The van der Waals surface area contributed by atoms with Gasteiger partial charge in [-0.15, -0.1) is 0 Å². The number of anilines is 1. The first-order chi connectivity index (χ1) is 12.9. The first kappa shape index (κ1) is 19.6. The van der Waals surface area contributed by atoms with Crippen molar-refractivity contribution in [2.45, 2.75) is 19.9 Å². The lowest BCUT2D eigenvalue weighted by molar-refractivity contribution is -0.384. The number of benzene rings is 1. The van der Waals surface area contributed by atoms with E-state index in [1.165, 1.54) is 0 Å². The van der Waals surface area contributed by atoms with Gasteiger partial charge in [0.2, 0.25) is 5.91 Å². The number of amides is 1. The molecule has 1 amide bonds. The summed E-state index contributed by atoms with van der Waals surface area (Å²) < 4.78 is 0. The molecular weight excluding hydrogens is 346 g/mol. The van der Waals surface area contributed by atoms with E-state index in [4.69, 9.17) is 0 Å². The molecule has 0 aliphatic carbocycles. The average molecular weight is 375 g/mol. The molecule has 148 valence electrons. The van der Waals surface area contributed by atoms with Crippen LogP contribution in [0.15, 0.2) is 24.3 Å². The van der Waals surface area contributed by atoms with Gasteiger partial charge in [0.1, 0.15) is 0 Å². The van der Waals surface area contributed by atoms with E-state index >= 15 is 0 Å². The lowest BCUT2D eigenvalue weighted by Gasteiger charge is -2.39. The smallest absolute Gasteiger partial charge is 0.269 e. The minimum atomic E-state index is -0.381. The van der Waals surface area contributed by atoms with Crippen molar-refractivity contribution in [1.29, 1.82) is 0 Å². The zero-order valence-corrected chi connectivity index (χ0v) is 16.2. The van der Waals surface area contributed by atoms with Gasteiger partial charge in [-0.1, -0.05) is 0 Å². The van der Waals surface area contributed by atoms with Gasteiger partial charge in [-0.2, -0.15) is 0 Å². The monoisotopic (exact) mass is 375 g/mol. The molecule has 1 aromatic rings. The standard InChI is InChI=1S/C19H29N5O3/c1-16(2)21-11-13-23(14-12-21)19(25)15-20-7-9-22(10-8-20)17-3-5-18(6-4-17)24(26)27/h3-6,16H,7-15H2,1-2H3. The van der Waals surface area contributed by atoms with Crippen LogP contribution in [0.3, 0.4) is 0 Å². The Labute approximate surface area is 160 Å². The van der Waals surface area contributed by atoms with Crippen LogP contribution in [-0.4, -0.2) is 90.5 Å². The number of hydrogen-bond acceptors (Lipinski definition) is 6. The Kier molecular flexibility index (Phi) is 6.28. The van der Waals surface area contributed by atoms with E-state index < -0.39 is 0 Å². The second-order valence-corrected chi connectivity index (χ2v) is 7.55. The summed E-state index contributed by atoms with van der Waals surface area (Å²) in [4.78, 5) is 31.8. The zero-order valence-electron chi connectivity index (χ0n) is 16.2. The van der Waals surface area contributed by atoms with Crippen LogP contribution in [0.4, 0.5) is 11.4 Å². The number of carbonyl (C=O) groups is 1. The van der Waals surface area contributed by atoms with Crippen molar-refractivity contribution < 1.29 is 9.72 Å². The fourth-order valence-electron chi connectivity index (χ4n) is 3.73. The third-order valence-electron chi connectivity index (χ3n) is 5.55. The number of piperazine rings is 2. The number of carbonyl (C=O) groups excluding carboxylic acids is 1. The highest BCUT2D eigenvalue weighted by Crippen LogP contribution is 2.20. The van der Waals surface area contributed by atoms with E-state index in [-0.39, 0.29) is 16.5 Å². The SMILES string of the molecule is CC(C)N1CCN(C(=O)CN2CCN(c3ccc([N+](=O)[O-])cc3)CC2)CC1. The van der Waals surface area contributed by atoms with E-state index in [1.807, 2.05) is 4.90 Å². The molecule has 0 unspecified atom stereocenters. The summed E-state index contributed by atoms with van der Waals surface area (Å²) >= 11 is 0. The summed E-state index contributed by atoms with van der Waals surface area (Å²) in [5, 5.41) is 10.8. The van der Waals surface area contributed by atoms with Gasteiger partial charge < -0.3 is 9.80 Å². The largest absolute Gasteiger partial charge is 0.369 e. The number of nitro benzene ring substituents is 1. The van der Waals surface area contributed by atoms with Crippen molar-refractivity contribution >= 4 is 17.3 Å². The normalized spacial score (nSPS) is 19.5. The molecule has 0 spiro atoms. The Bertz CT molecular complexity index is 648. The minimum Gasteiger partial charge on any atom is -0.369 e. The second-order valence-electron chi connectivity index (χ2n) is 7.55. The third kappa shape index (κ3) is 4.95. The van der Waals surface area contributed by atoms with Crippen LogP contribution in [-0.2, 0) is 4.79 Å². The maximum atomic E-state index is 12.6. The minimum absolute atomic E-state index is 0.112. The molecule has 2 aliphatic heterocycles. The summed E-state index contributed by atoms with van der Waals surface area (Å²) in [6.45, 7) is 11.7. The molecule has 0 aromatic heterocycles. The number of rotatable bonds is 5. The molecule has 1 aromatic carbocycles. The van der Waals surface area contributed by atoms with Gasteiger partial charge in [-0.25, -0.2) is 0 Å². The van der Waals surface area contributed by atoms with Crippen LogP contribution in [0.5, 0.6) is 0 Å². The highest BCUT2D eigenvalue weighted by Gasteiger charge is 2.25. The van der Waals surface area contributed by atoms with Crippen LogP contribution >= 0.6 is 0 Å². The van der Waals surface area contributed by atoms with Gasteiger partial charge in [0.15, 0.2) is 0 Å². The van der Waals surface area contributed by atoms with E-state index in [0.29, 0.717) is 12.6 Å². The Balaban J connectivity index is 1.44. The van der Waals surface area contributed by atoms with Crippen molar-refractivity contribution in [3.63, 3.8) is 0 Å². The molecule has 2 heterocycles. The van der Waals surface area contributed by atoms with E-state index in [0.717, 1.165) is 58.0 Å². The molecule has 8 heteroatoms. The highest BCUT2D eigenvalue weighted by molar-refractivity contribution is 5.78. The second kappa shape index (κ2) is 8.67. The fourth-order valence-corrected chi connectivity index (χ4v) is 3.73. The van der Waals surface area contributed by atoms with Crippen LogP contribution in [0.25, 0.3) is 0 Å². The van der Waals surface area contributed by atoms with Crippen molar-refractivity contribution in [3.8, 4) is 0 Å². The summed E-state index contributed by atoms with van der Waals surface area (Å²) in [6, 6.07) is 7.22. The molecule has 0 atom stereocenters. The Hall–Kier alpha value is -2.19. The van der Waals surface area contributed by atoms with Gasteiger partial charge in [-0.05, 0) is 26.0 Å². The van der Waals surface area contributed by atoms with Gasteiger partial charge in [0.25, 0.3) is 5.69 Å². The number of hydrogen-bond donors (Lipinski definition) is 0. The molecule has 8 nitrogen and oxygen atoms in total. The maximum absolute atomic E-state index is 12.6. The Morgan fingerprint density at radius 1 is 1.00 bits per heavy atom. The third-order valence-corrected chi connectivity index (χ3v) is 5.55. The lowest BCUT2D eigenvalue weighted by Crippen LogP contribution is -2.54. The quantitative estimate of drug-likeness (QED) is 0.570. The van der Waals surface area contributed by atoms with Crippen molar-refractivity contribution in [2.75, 3.05) is 63.8 Å². The molecule has 0 bridgehead atoms. The molecule has 2 fully saturated rings. The lowest BCUT2D eigenvalue weighted by atomic mass is 10.2. The van der Waals surface area contributed by atoms with E-state index in [9.17, 15) is 14.9 Å². The summed E-state index contributed by atoms with van der Waals surface area (Å²) in [6.07, 6.45) is 0. The van der Waals surface area contributed by atoms with Crippen LogP contribution < -0.4 is 4.90 Å². The Morgan fingerprint density at radius 3 is 2.11 bits per heavy atom. The maximum Gasteiger partial charge on any atom is 0.269 e. The molecule has 0 saturated carbocycles. The fraction of sp³-hybridized carbons (Fsp3) is 0.632. The van der Waals surface area contributed by atoms with Gasteiger partial charge >= 0.3 is 0 Å². The first-order valence-electron chi connectivity index (χ1n) is 9.67. The zero-order chi connectivity index (χ0) is 19.4. The number of nitrogens with zero attached hydrogens (tertiary/aromatic N) is 5. The molecule has 2 saturated heterocycles. The van der Waals surface area contributed by atoms with Gasteiger partial charge in [0.05, 0.1) is 11.5 Å². The summed E-state index contributed by atoms with van der Waals surface area (Å²) in [7, 11) is 0. The molecule has 0 N–H and O–H groups in total. The molecular formula is C19H29N5O3. The van der Waals surface area contributed by atoms with E-state index in [2.05, 4.69) is 28.5 Å². The molecule has 27 heavy (non-hydrogen) atoms. The Morgan fingerprint density at radius 2 is 1.59 bits per heavy atom. The number of non-ortho nitro benzene ring substituents is 1. The van der Waals surface area contributed by atoms with Crippen LogP contribution in [0.2, 0.25) is 0 Å². The predicted octanol–water partition coefficient (Wildman–Crippen LogP) is 1.27.